The zero-order chi connectivity index (χ0) is 9.00. The number of allylic oxidation sites excluding steroid dienone is 2. The third-order valence-electron chi connectivity index (χ3n) is 3.50. The molecular formula is C11H14N2. The third kappa shape index (κ3) is 0.761. The second-order valence-corrected chi connectivity index (χ2v) is 4.38. The number of fused-ring (bicyclic) bond motifs is 5. The normalized spacial score (nSPS) is 29.5. The molecule has 3 rings (SSSR count). The molecule has 13 heavy (non-hydrogen) atoms. The zero-order valence-electron chi connectivity index (χ0n) is 8.09. The van der Waals surface area contributed by atoms with E-state index in [0.29, 0.717) is 11.8 Å². The number of rotatable bonds is 0. The van der Waals surface area contributed by atoms with Gasteiger partial charge in [0.25, 0.3) is 0 Å². The number of hydrogen-bond acceptors (Lipinski definition) is 1. The zero-order valence-corrected chi connectivity index (χ0v) is 8.09. The Morgan fingerprint density at radius 2 is 2.15 bits per heavy atom. The first kappa shape index (κ1) is 7.36. The quantitative estimate of drug-likeness (QED) is 0.602. The van der Waals surface area contributed by atoms with E-state index in [1.165, 1.54) is 29.7 Å². The van der Waals surface area contributed by atoms with Crippen LogP contribution < -0.4 is 0 Å². The highest BCUT2D eigenvalue weighted by molar-refractivity contribution is 5.50. The molecule has 2 aliphatic rings. The lowest BCUT2D eigenvalue weighted by molar-refractivity contribution is 0.705. The van der Waals surface area contributed by atoms with Crippen LogP contribution in [0, 0.1) is 0 Å². The van der Waals surface area contributed by atoms with E-state index in [1.807, 2.05) is 6.20 Å². The van der Waals surface area contributed by atoms with Gasteiger partial charge >= 0.3 is 0 Å². The van der Waals surface area contributed by atoms with Gasteiger partial charge in [-0.3, -0.25) is 5.10 Å². The molecule has 1 saturated carbocycles. The van der Waals surface area contributed by atoms with Crippen LogP contribution in [0.2, 0.25) is 0 Å². The van der Waals surface area contributed by atoms with E-state index >= 15 is 0 Å². The average molecular weight is 174 g/mol. The van der Waals surface area contributed by atoms with Gasteiger partial charge in [-0.2, -0.15) is 5.10 Å². The van der Waals surface area contributed by atoms with Crippen molar-refractivity contribution in [3.05, 3.63) is 28.6 Å². The molecule has 1 aromatic heterocycles. The Morgan fingerprint density at radius 1 is 1.38 bits per heavy atom. The van der Waals surface area contributed by atoms with Gasteiger partial charge < -0.3 is 0 Å². The lowest BCUT2D eigenvalue weighted by Gasteiger charge is -2.06. The second kappa shape index (κ2) is 2.25. The molecule has 2 unspecified atom stereocenters. The maximum atomic E-state index is 4.13. The number of nitrogens with one attached hydrogen (secondary N) is 1. The summed E-state index contributed by atoms with van der Waals surface area (Å²) in [5, 5.41) is 7.28. The highest BCUT2D eigenvalue weighted by Gasteiger charge is 2.43. The van der Waals surface area contributed by atoms with Crippen LogP contribution in [0.15, 0.2) is 17.3 Å². The molecule has 0 amide bonds. The van der Waals surface area contributed by atoms with Crippen molar-refractivity contribution in [1.82, 2.24) is 10.2 Å². The molecule has 2 nitrogen and oxygen atoms in total. The summed E-state index contributed by atoms with van der Waals surface area (Å²) in [6.07, 6.45) is 4.67. The molecule has 1 aromatic rings. The number of aromatic nitrogens is 2. The maximum absolute atomic E-state index is 4.13. The molecular weight excluding hydrogens is 160 g/mol. The minimum absolute atomic E-state index is 0.674. The third-order valence-corrected chi connectivity index (χ3v) is 3.50. The number of H-pyrrole nitrogens is 1. The van der Waals surface area contributed by atoms with Gasteiger partial charge in [0, 0.05) is 23.1 Å². The van der Waals surface area contributed by atoms with Crippen LogP contribution in [0.1, 0.15) is 49.8 Å². The largest absolute Gasteiger partial charge is 0.282 e. The van der Waals surface area contributed by atoms with Crippen molar-refractivity contribution >= 4 is 0 Å². The summed E-state index contributed by atoms with van der Waals surface area (Å²) in [7, 11) is 0. The Labute approximate surface area is 78.0 Å². The fourth-order valence-corrected chi connectivity index (χ4v) is 3.07. The first-order chi connectivity index (χ1) is 6.29. The van der Waals surface area contributed by atoms with E-state index in [4.69, 9.17) is 0 Å². The fourth-order valence-electron chi connectivity index (χ4n) is 3.07. The van der Waals surface area contributed by atoms with E-state index in [-0.39, 0.29) is 0 Å². The number of hydrogen-bond donors (Lipinski definition) is 1. The summed E-state index contributed by atoms with van der Waals surface area (Å²) in [6.45, 7) is 4.47. The Hall–Kier alpha value is -1.05. The fraction of sp³-hybridized carbons (Fsp3) is 0.545. The summed E-state index contributed by atoms with van der Waals surface area (Å²) < 4.78 is 0. The van der Waals surface area contributed by atoms with Crippen molar-refractivity contribution in [2.45, 2.75) is 38.5 Å². The smallest absolute Gasteiger partial charge is 0.0528 e. The van der Waals surface area contributed by atoms with Gasteiger partial charge in [-0.1, -0.05) is 11.1 Å². The molecule has 2 heteroatoms. The average Bonchev–Trinajstić information content (AvgIpc) is 2.75. The molecule has 1 N–H and O–H groups in total. The monoisotopic (exact) mass is 174 g/mol. The van der Waals surface area contributed by atoms with Crippen molar-refractivity contribution in [3.8, 4) is 0 Å². The van der Waals surface area contributed by atoms with E-state index in [0.717, 1.165) is 0 Å². The van der Waals surface area contributed by atoms with Gasteiger partial charge in [-0.15, -0.1) is 0 Å². The van der Waals surface area contributed by atoms with Crippen LogP contribution in [0.4, 0.5) is 0 Å². The molecule has 1 heterocycles. The summed E-state index contributed by atoms with van der Waals surface area (Å²) in [4.78, 5) is 0. The summed E-state index contributed by atoms with van der Waals surface area (Å²) in [6, 6.07) is 0. The Morgan fingerprint density at radius 3 is 2.85 bits per heavy atom. The van der Waals surface area contributed by atoms with Crippen molar-refractivity contribution in [3.63, 3.8) is 0 Å². The van der Waals surface area contributed by atoms with Gasteiger partial charge in [0.1, 0.15) is 0 Å². The lowest BCUT2D eigenvalue weighted by Crippen LogP contribution is -1.94. The Bertz CT molecular complexity index is 354. The molecule has 2 bridgehead atoms. The van der Waals surface area contributed by atoms with Crippen LogP contribution in [0.5, 0.6) is 0 Å². The summed E-state index contributed by atoms with van der Waals surface area (Å²) >= 11 is 0. The predicted octanol–water partition coefficient (Wildman–Crippen LogP) is 2.72. The first-order valence-electron chi connectivity index (χ1n) is 4.99. The highest BCUT2D eigenvalue weighted by Crippen LogP contribution is 2.56. The standard InChI is InChI=1S/C11H14N2/c1-6(2)10-7-3-4-8(10)11-9(7)5-12-13-11/h5,7-8H,3-4H2,1-2H3,(H,12,13). The number of aromatic amines is 1. The van der Waals surface area contributed by atoms with E-state index in [9.17, 15) is 0 Å². The van der Waals surface area contributed by atoms with Gasteiger partial charge in [-0.25, -0.2) is 0 Å². The molecule has 0 spiro atoms. The van der Waals surface area contributed by atoms with E-state index < -0.39 is 0 Å². The van der Waals surface area contributed by atoms with E-state index in [1.54, 1.807) is 5.57 Å². The molecule has 0 radical (unpaired) electrons. The van der Waals surface area contributed by atoms with Crippen LogP contribution in [0.25, 0.3) is 0 Å². The molecule has 0 aliphatic heterocycles. The highest BCUT2D eigenvalue weighted by atomic mass is 15.1. The minimum Gasteiger partial charge on any atom is -0.282 e. The molecule has 0 saturated heterocycles. The molecule has 2 aliphatic carbocycles. The molecule has 0 aromatic carbocycles. The Balaban J connectivity index is 2.22. The van der Waals surface area contributed by atoms with Crippen molar-refractivity contribution < 1.29 is 0 Å². The van der Waals surface area contributed by atoms with Crippen LogP contribution in [-0.4, -0.2) is 10.2 Å². The second-order valence-electron chi connectivity index (χ2n) is 4.38. The van der Waals surface area contributed by atoms with Gasteiger partial charge in [-0.05, 0) is 26.7 Å². The number of nitrogens with zero attached hydrogens (tertiary/aromatic N) is 1. The molecule has 68 valence electrons. The Kier molecular flexibility index (Phi) is 1.27. The van der Waals surface area contributed by atoms with Crippen LogP contribution in [0.3, 0.4) is 0 Å². The van der Waals surface area contributed by atoms with Gasteiger partial charge in [0.15, 0.2) is 0 Å². The van der Waals surface area contributed by atoms with Crippen molar-refractivity contribution in [2.75, 3.05) is 0 Å². The van der Waals surface area contributed by atoms with Crippen LogP contribution >= 0.6 is 0 Å². The minimum atomic E-state index is 0.674. The topological polar surface area (TPSA) is 28.7 Å². The molecule has 1 fully saturated rings. The van der Waals surface area contributed by atoms with Crippen molar-refractivity contribution in [1.29, 1.82) is 0 Å². The van der Waals surface area contributed by atoms with Gasteiger partial charge in [0.05, 0.1) is 6.20 Å². The van der Waals surface area contributed by atoms with Crippen molar-refractivity contribution in [2.24, 2.45) is 0 Å². The molecule has 2 atom stereocenters. The summed E-state index contributed by atoms with van der Waals surface area (Å²) in [5.74, 6) is 1.37. The van der Waals surface area contributed by atoms with Crippen LogP contribution in [-0.2, 0) is 0 Å². The predicted molar refractivity (Wildman–Crippen MR) is 51.7 cm³/mol. The van der Waals surface area contributed by atoms with Gasteiger partial charge in [0.2, 0.25) is 0 Å². The summed E-state index contributed by atoms with van der Waals surface area (Å²) in [5.41, 5.74) is 6.04. The maximum Gasteiger partial charge on any atom is 0.0528 e. The van der Waals surface area contributed by atoms with E-state index in [2.05, 4.69) is 24.0 Å². The SMILES string of the molecule is CC(C)=C1C2CCC1c1[nH]ncc12. The lowest BCUT2D eigenvalue weighted by atomic mass is 9.98. The first-order valence-corrected chi connectivity index (χ1v) is 4.99.